The fourth-order valence-electron chi connectivity index (χ4n) is 6.31. The molecule has 5 atom stereocenters. The summed E-state index contributed by atoms with van der Waals surface area (Å²) in [6.45, 7) is 1.35. The van der Waals surface area contributed by atoms with Crippen LogP contribution in [0.25, 0.3) is 0 Å². The third-order valence-corrected chi connectivity index (χ3v) is 12.7. The zero-order chi connectivity index (χ0) is 27.0. The van der Waals surface area contributed by atoms with Gasteiger partial charge in [-0.15, -0.1) is 0 Å². The molecule has 1 saturated carbocycles. The number of hydrogen-bond acceptors (Lipinski definition) is 5. The Bertz CT molecular complexity index is 1440. The van der Waals surface area contributed by atoms with Gasteiger partial charge in [-0.1, -0.05) is 6.92 Å². The molecule has 2 fully saturated rings. The molecule has 2 aromatic carbocycles. The van der Waals surface area contributed by atoms with Crippen LogP contribution < -0.4 is 9.46 Å². The van der Waals surface area contributed by atoms with Crippen LogP contribution in [0.15, 0.2) is 41.3 Å². The molecule has 2 aliphatic heterocycles. The van der Waals surface area contributed by atoms with E-state index in [2.05, 4.69) is 4.72 Å². The molecule has 3 aliphatic rings. The maximum Gasteiger partial charge on any atom is 0.416 e. The minimum atomic E-state index is -4.70. The van der Waals surface area contributed by atoms with E-state index in [1.165, 1.54) is 0 Å². The Hall–Kier alpha value is -2.25. The van der Waals surface area contributed by atoms with E-state index in [1.54, 1.807) is 6.92 Å². The molecule has 1 N–H and O–H groups in total. The standard InChI is InChI=1S/C24H24F5NO5S2/c1-2-14-11-16-17-12-35-22-19(26)8-7-18(25)21(22)23(17,10-9-20(16)30-37(14,33)34)36(31,32)15-5-3-13(4-6-15)24(27,28)29/h3-8,14,16-17,20,30H,2,9-12H2,1H3/t14?,16-,17-,20+,23-/m0/s1. The van der Waals surface area contributed by atoms with Gasteiger partial charge in [-0.2, -0.15) is 13.2 Å². The lowest BCUT2D eigenvalue weighted by molar-refractivity contribution is -0.137. The average molecular weight is 566 g/mol. The molecule has 0 aromatic heterocycles. The Morgan fingerprint density at radius 3 is 2.35 bits per heavy atom. The van der Waals surface area contributed by atoms with Crippen LogP contribution in [0.3, 0.4) is 0 Å². The second-order valence-corrected chi connectivity index (χ2v) is 14.0. The molecular weight excluding hydrogens is 541 g/mol. The number of rotatable bonds is 3. The summed E-state index contributed by atoms with van der Waals surface area (Å²) < 4.78 is 130. The Morgan fingerprint density at radius 2 is 1.73 bits per heavy atom. The first kappa shape index (κ1) is 26.4. The Balaban J connectivity index is 1.72. The van der Waals surface area contributed by atoms with Crippen LogP contribution in [0.1, 0.15) is 43.7 Å². The fourth-order valence-corrected chi connectivity index (χ4v) is 10.5. The zero-order valence-electron chi connectivity index (χ0n) is 19.6. The summed E-state index contributed by atoms with van der Waals surface area (Å²) in [6.07, 6.45) is -4.63. The smallest absolute Gasteiger partial charge is 0.416 e. The number of fused-ring (bicyclic) bond motifs is 5. The minimum Gasteiger partial charge on any atom is -0.490 e. The topological polar surface area (TPSA) is 89.5 Å². The van der Waals surface area contributed by atoms with Crippen molar-refractivity contribution in [1.82, 2.24) is 4.72 Å². The van der Waals surface area contributed by atoms with Gasteiger partial charge in [0.25, 0.3) is 0 Å². The molecule has 2 aromatic rings. The van der Waals surface area contributed by atoms with E-state index < -0.39 is 87.3 Å². The quantitative estimate of drug-likeness (QED) is 0.552. The number of alkyl halides is 3. The van der Waals surface area contributed by atoms with E-state index in [0.717, 1.165) is 24.3 Å². The van der Waals surface area contributed by atoms with Crippen molar-refractivity contribution in [3.63, 3.8) is 0 Å². The van der Waals surface area contributed by atoms with Crippen molar-refractivity contribution in [2.24, 2.45) is 11.8 Å². The van der Waals surface area contributed by atoms with Crippen LogP contribution in [-0.4, -0.2) is 34.7 Å². The first-order valence-electron chi connectivity index (χ1n) is 11.8. The van der Waals surface area contributed by atoms with Crippen molar-refractivity contribution in [3.05, 3.63) is 59.2 Å². The lowest BCUT2D eigenvalue weighted by atomic mass is 9.64. The molecule has 1 unspecified atom stereocenters. The first-order valence-corrected chi connectivity index (χ1v) is 14.8. The van der Waals surface area contributed by atoms with E-state index in [4.69, 9.17) is 4.74 Å². The van der Waals surface area contributed by atoms with Crippen molar-refractivity contribution in [2.75, 3.05) is 6.61 Å². The van der Waals surface area contributed by atoms with Crippen molar-refractivity contribution >= 4 is 19.9 Å². The lowest BCUT2D eigenvalue weighted by Gasteiger charge is -2.54. The van der Waals surface area contributed by atoms with Crippen molar-refractivity contribution in [1.29, 1.82) is 0 Å². The van der Waals surface area contributed by atoms with Gasteiger partial charge in [0, 0.05) is 12.0 Å². The lowest BCUT2D eigenvalue weighted by Crippen LogP contribution is -2.63. The molecule has 2 heterocycles. The monoisotopic (exact) mass is 565 g/mol. The highest BCUT2D eigenvalue weighted by Crippen LogP contribution is 2.59. The predicted octanol–water partition coefficient (Wildman–Crippen LogP) is 4.54. The van der Waals surface area contributed by atoms with Crippen LogP contribution in [-0.2, 0) is 30.8 Å². The van der Waals surface area contributed by atoms with Gasteiger partial charge in [0.05, 0.1) is 27.9 Å². The third kappa shape index (κ3) is 3.87. The average Bonchev–Trinajstić information content (AvgIpc) is 2.84. The molecule has 0 spiro atoms. The Kier molecular flexibility index (Phi) is 6.15. The van der Waals surface area contributed by atoms with E-state index >= 15 is 4.39 Å². The number of halogens is 5. The van der Waals surface area contributed by atoms with E-state index in [9.17, 15) is 34.4 Å². The molecule has 5 rings (SSSR count). The fraction of sp³-hybridized carbons (Fsp3) is 0.500. The molecule has 1 saturated heterocycles. The number of ether oxygens (including phenoxy) is 1. The number of nitrogens with one attached hydrogen (secondary N) is 1. The van der Waals surface area contributed by atoms with Crippen LogP contribution in [0.4, 0.5) is 22.0 Å². The Labute approximate surface area is 211 Å². The van der Waals surface area contributed by atoms with E-state index in [0.29, 0.717) is 12.1 Å². The molecule has 6 nitrogen and oxygen atoms in total. The highest BCUT2D eigenvalue weighted by molar-refractivity contribution is 7.92. The largest absolute Gasteiger partial charge is 0.490 e. The molecule has 0 amide bonds. The number of sulfone groups is 1. The highest BCUT2D eigenvalue weighted by Gasteiger charge is 2.64. The molecule has 1 aliphatic carbocycles. The SMILES string of the molecule is CCC1C[C@@H]2[C@@H](CC[C@@]3(S(=O)(=O)c4ccc(C(F)(F)F)cc4)c4c(F)ccc(F)c4OC[C@@H]23)NS1(=O)=O. The summed E-state index contributed by atoms with van der Waals surface area (Å²) in [6, 6.07) is 3.88. The normalized spacial score (nSPS) is 31.0. The maximum atomic E-state index is 15.5. The summed E-state index contributed by atoms with van der Waals surface area (Å²) in [4.78, 5) is -0.469. The first-order chi connectivity index (χ1) is 17.2. The minimum absolute atomic E-state index is 0.00604. The van der Waals surface area contributed by atoms with Crippen molar-refractivity contribution < 1.29 is 43.5 Å². The summed E-state index contributed by atoms with van der Waals surface area (Å²) in [5.74, 6) is -4.11. The highest BCUT2D eigenvalue weighted by atomic mass is 32.2. The summed E-state index contributed by atoms with van der Waals surface area (Å²) in [7, 11) is -8.30. The molecule has 0 radical (unpaired) electrons. The third-order valence-electron chi connectivity index (χ3n) is 8.06. The van der Waals surface area contributed by atoms with Crippen LogP contribution in [0.2, 0.25) is 0 Å². The zero-order valence-corrected chi connectivity index (χ0v) is 21.2. The van der Waals surface area contributed by atoms with Crippen molar-refractivity contribution in [3.8, 4) is 5.75 Å². The second-order valence-electron chi connectivity index (χ2n) is 9.80. The van der Waals surface area contributed by atoms with Gasteiger partial charge < -0.3 is 4.74 Å². The van der Waals surface area contributed by atoms with Gasteiger partial charge >= 0.3 is 6.18 Å². The molecule has 37 heavy (non-hydrogen) atoms. The van der Waals surface area contributed by atoms with Gasteiger partial charge in [-0.25, -0.2) is 30.3 Å². The Morgan fingerprint density at radius 1 is 1.08 bits per heavy atom. The molecule has 202 valence electrons. The van der Waals surface area contributed by atoms with Crippen LogP contribution in [0, 0.1) is 23.5 Å². The van der Waals surface area contributed by atoms with E-state index in [1.807, 2.05) is 0 Å². The van der Waals surface area contributed by atoms with E-state index in [-0.39, 0.29) is 32.3 Å². The maximum absolute atomic E-state index is 15.5. The van der Waals surface area contributed by atoms with Crippen LogP contribution in [0.5, 0.6) is 5.75 Å². The van der Waals surface area contributed by atoms with Crippen LogP contribution >= 0.6 is 0 Å². The van der Waals surface area contributed by atoms with Gasteiger partial charge in [0.15, 0.2) is 21.4 Å². The second kappa shape index (κ2) is 8.63. The summed E-state index contributed by atoms with van der Waals surface area (Å²) in [5.41, 5.74) is -1.55. The molecule has 13 heteroatoms. The van der Waals surface area contributed by atoms with Gasteiger partial charge in [0.1, 0.15) is 10.6 Å². The van der Waals surface area contributed by atoms with Crippen molar-refractivity contribution in [2.45, 2.75) is 59.7 Å². The summed E-state index contributed by atoms with van der Waals surface area (Å²) in [5, 5.41) is -0.822. The summed E-state index contributed by atoms with van der Waals surface area (Å²) >= 11 is 0. The predicted molar refractivity (Wildman–Crippen MR) is 123 cm³/mol. The number of benzene rings is 2. The molecular formula is C24H24F5NO5S2. The molecule has 0 bridgehead atoms. The van der Waals surface area contributed by atoms with Gasteiger partial charge in [0.2, 0.25) is 10.0 Å². The number of sulfonamides is 1. The van der Waals surface area contributed by atoms with Gasteiger partial charge in [-0.3, -0.25) is 0 Å². The number of hydrogen-bond donors (Lipinski definition) is 1. The van der Waals surface area contributed by atoms with Gasteiger partial charge in [-0.05, 0) is 68.0 Å².